The second kappa shape index (κ2) is 8.48. The first kappa shape index (κ1) is 18.7. The number of aromatic nitrogens is 1. The molecule has 0 fully saturated rings. The molecule has 3 N–H and O–H groups in total. The van der Waals surface area contributed by atoms with E-state index in [0.717, 1.165) is 5.56 Å². The van der Waals surface area contributed by atoms with Crippen LogP contribution in [-0.4, -0.2) is 38.4 Å². The number of hydrogen-bond donors (Lipinski definition) is 3. The first-order chi connectivity index (χ1) is 12.0. The van der Waals surface area contributed by atoms with Crippen molar-refractivity contribution in [2.75, 3.05) is 26.6 Å². The number of benzene rings is 1. The first-order valence-corrected chi connectivity index (χ1v) is 8.21. The van der Waals surface area contributed by atoms with E-state index < -0.39 is 0 Å². The highest BCUT2D eigenvalue weighted by Crippen LogP contribution is 2.25. The van der Waals surface area contributed by atoms with E-state index >= 15 is 0 Å². The van der Waals surface area contributed by atoms with Crippen LogP contribution in [-0.2, 0) is 6.54 Å². The number of ether oxygens (including phenoxy) is 2. The summed E-state index contributed by atoms with van der Waals surface area (Å²) in [5.41, 5.74) is 2.29. The van der Waals surface area contributed by atoms with E-state index in [2.05, 4.69) is 31.5 Å². The van der Waals surface area contributed by atoms with E-state index in [4.69, 9.17) is 14.9 Å². The fourth-order valence-electron chi connectivity index (χ4n) is 2.25. The van der Waals surface area contributed by atoms with Gasteiger partial charge >= 0.3 is 0 Å². The normalized spacial score (nSPS) is 10.1. The summed E-state index contributed by atoms with van der Waals surface area (Å²) in [6, 6.07) is 7.00. The zero-order valence-corrected chi connectivity index (χ0v) is 15.7. The van der Waals surface area contributed by atoms with Crippen molar-refractivity contribution in [3.63, 3.8) is 0 Å². The van der Waals surface area contributed by atoms with Gasteiger partial charge in [-0.15, -0.1) is 0 Å². The molecule has 1 aromatic carbocycles. The minimum Gasteiger partial charge on any atom is -0.497 e. The number of nitrogens with one attached hydrogen (secondary N) is 3. The van der Waals surface area contributed by atoms with Gasteiger partial charge in [-0.3, -0.25) is 4.79 Å². The Bertz CT molecular complexity index is 796. The molecule has 0 bridgehead atoms. The number of rotatable bonds is 7. The monoisotopic (exact) mass is 406 g/mol. The maximum atomic E-state index is 12.4. The van der Waals surface area contributed by atoms with Gasteiger partial charge in [-0.2, -0.15) is 0 Å². The maximum Gasteiger partial charge on any atom is 0.270 e. The van der Waals surface area contributed by atoms with E-state index in [1.165, 1.54) is 6.21 Å². The highest BCUT2D eigenvalue weighted by molar-refractivity contribution is 9.10. The maximum absolute atomic E-state index is 12.4. The van der Waals surface area contributed by atoms with Crippen molar-refractivity contribution in [2.45, 2.75) is 6.54 Å². The van der Waals surface area contributed by atoms with Crippen molar-refractivity contribution in [1.82, 2.24) is 10.3 Å². The quantitative estimate of drug-likeness (QED) is 0.485. The van der Waals surface area contributed by atoms with Crippen molar-refractivity contribution in [1.29, 1.82) is 5.41 Å². The molecule has 2 rings (SSSR count). The van der Waals surface area contributed by atoms with Gasteiger partial charge in [0.05, 0.1) is 14.2 Å². The van der Waals surface area contributed by atoms with Crippen LogP contribution in [0.2, 0.25) is 0 Å². The Morgan fingerprint density at radius 1 is 1.32 bits per heavy atom. The molecule has 0 unspecified atom stereocenters. The molecule has 0 aliphatic rings. The lowest BCUT2D eigenvalue weighted by molar-refractivity contribution is 0.0945. The van der Waals surface area contributed by atoms with Gasteiger partial charge in [0.25, 0.3) is 5.91 Å². The molecule has 0 aliphatic heterocycles. The first-order valence-electron chi connectivity index (χ1n) is 7.41. The van der Waals surface area contributed by atoms with Crippen LogP contribution in [0.4, 0.5) is 5.69 Å². The second-order valence-electron chi connectivity index (χ2n) is 5.01. The number of amides is 1. The number of halogens is 1. The standard InChI is InChI=1S/C17H19BrN4O3/c1-20-13-7-14(22-16(18)12(13)8-19)17(23)21-9-10-4-5-11(24-2)6-15(10)25-3/h4-8,19H,9H2,1-3H3,(H,20,22)(H,21,23). The lowest BCUT2D eigenvalue weighted by atomic mass is 10.1. The van der Waals surface area contributed by atoms with Crippen molar-refractivity contribution in [2.24, 2.45) is 0 Å². The van der Waals surface area contributed by atoms with E-state index in [0.29, 0.717) is 27.4 Å². The number of nitrogens with zero attached hydrogens (tertiary/aromatic N) is 1. The molecule has 132 valence electrons. The highest BCUT2D eigenvalue weighted by Gasteiger charge is 2.14. The van der Waals surface area contributed by atoms with Gasteiger partial charge in [-0.25, -0.2) is 4.98 Å². The number of pyridine rings is 1. The van der Waals surface area contributed by atoms with Crippen LogP contribution in [0.1, 0.15) is 21.6 Å². The summed E-state index contributed by atoms with van der Waals surface area (Å²) in [7, 11) is 4.86. The number of anilines is 1. The molecule has 0 aliphatic carbocycles. The van der Waals surface area contributed by atoms with Crippen LogP contribution in [0.15, 0.2) is 28.9 Å². The summed E-state index contributed by atoms with van der Waals surface area (Å²) in [4.78, 5) is 16.6. The Kier molecular flexibility index (Phi) is 6.35. The summed E-state index contributed by atoms with van der Waals surface area (Å²) < 4.78 is 10.9. The van der Waals surface area contributed by atoms with Gasteiger partial charge in [-0.1, -0.05) is 0 Å². The van der Waals surface area contributed by atoms with Crippen LogP contribution in [0, 0.1) is 5.41 Å². The molecule has 0 radical (unpaired) electrons. The minimum absolute atomic E-state index is 0.245. The number of methoxy groups -OCH3 is 2. The highest BCUT2D eigenvalue weighted by atomic mass is 79.9. The van der Waals surface area contributed by atoms with E-state index in [1.54, 1.807) is 39.5 Å². The van der Waals surface area contributed by atoms with Crippen molar-refractivity contribution < 1.29 is 14.3 Å². The van der Waals surface area contributed by atoms with E-state index in [1.807, 2.05) is 6.07 Å². The average Bonchev–Trinajstić information content (AvgIpc) is 2.64. The van der Waals surface area contributed by atoms with E-state index in [-0.39, 0.29) is 18.1 Å². The average molecular weight is 407 g/mol. The Morgan fingerprint density at radius 2 is 2.08 bits per heavy atom. The smallest absolute Gasteiger partial charge is 0.270 e. The zero-order valence-electron chi connectivity index (χ0n) is 14.1. The largest absolute Gasteiger partial charge is 0.497 e. The molecule has 2 aromatic rings. The Hall–Kier alpha value is -2.61. The third-order valence-corrected chi connectivity index (χ3v) is 4.20. The summed E-state index contributed by atoms with van der Waals surface area (Å²) in [5, 5.41) is 13.2. The lowest BCUT2D eigenvalue weighted by Crippen LogP contribution is -2.24. The third-order valence-electron chi connectivity index (χ3n) is 3.59. The Balaban J connectivity index is 2.18. The van der Waals surface area contributed by atoms with Crippen LogP contribution >= 0.6 is 15.9 Å². The molecule has 25 heavy (non-hydrogen) atoms. The molecular weight excluding hydrogens is 388 g/mol. The predicted octanol–water partition coefficient (Wildman–Crippen LogP) is 2.83. The molecule has 0 saturated heterocycles. The van der Waals surface area contributed by atoms with Gasteiger partial charge in [-0.05, 0) is 34.1 Å². The summed E-state index contributed by atoms with van der Waals surface area (Å²) in [6.45, 7) is 0.284. The fourth-order valence-corrected chi connectivity index (χ4v) is 2.77. The van der Waals surface area contributed by atoms with Gasteiger partial charge in [0.1, 0.15) is 21.8 Å². The van der Waals surface area contributed by atoms with Crippen LogP contribution in [0.5, 0.6) is 11.5 Å². The lowest BCUT2D eigenvalue weighted by Gasteiger charge is -2.12. The van der Waals surface area contributed by atoms with Crippen LogP contribution in [0.25, 0.3) is 0 Å². The number of carbonyl (C=O) groups is 1. The van der Waals surface area contributed by atoms with Gasteiger partial charge in [0.2, 0.25) is 0 Å². The fraction of sp³-hybridized carbons (Fsp3) is 0.235. The molecule has 0 atom stereocenters. The zero-order chi connectivity index (χ0) is 18.4. The van der Waals surface area contributed by atoms with E-state index in [9.17, 15) is 4.79 Å². The molecule has 7 nitrogen and oxygen atoms in total. The molecule has 0 spiro atoms. The van der Waals surface area contributed by atoms with Crippen molar-refractivity contribution >= 4 is 33.7 Å². The number of carbonyl (C=O) groups excluding carboxylic acids is 1. The van der Waals surface area contributed by atoms with Crippen LogP contribution in [0.3, 0.4) is 0 Å². The topological polar surface area (TPSA) is 96.3 Å². The van der Waals surface area contributed by atoms with Gasteiger partial charge < -0.3 is 25.5 Å². The van der Waals surface area contributed by atoms with Crippen LogP contribution < -0.4 is 20.1 Å². The Labute approximate surface area is 154 Å². The summed E-state index contributed by atoms with van der Waals surface area (Å²) in [5.74, 6) is 0.980. The van der Waals surface area contributed by atoms with Crippen molar-refractivity contribution in [3.05, 3.63) is 45.7 Å². The SMILES string of the molecule is CNc1cc(C(=O)NCc2ccc(OC)cc2OC)nc(Br)c1C=N. The molecular formula is C17H19BrN4O3. The third kappa shape index (κ3) is 4.27. The molecule has 1 heterocycles. The molecule has 0 saturated carbocycles. The predicted molar refractivity (Wildman–Crippen MR) is 100 cm³/mol. The van der Waals surface area contributed by atoms with Crippen molar-refractivity contribution in [3.8, 4) is 11.5 Å². The Morgan fingerprint density at radius 3 is 2.68 bits per heavy atom. The number of hydrogen-bond acceptors (Lipinski definition) is 6. The summed E-state index contributed by atoms with van der Waals surface area (Å²) >= 11 is 3.29. The van der Waals surface area contributed by atoms with Gasteiger partial charge in [0, 0.05) is 42.7 Å². The minimum atomic E-state index is -0.327. The molecule has 8 heteroatoms. The molecule has 1 aromatic heterocycles. The molecule has 1 amide bonds. The summed E-state index contributed by atoms with van der Waals surface area (Å²) in [6.07, 6.45) is 1.17. The second-order valence-corrected chi connectivity index (χ2v) is 5.77. The van der Waals surface area contributed by atoms with Gasteiger partial charge in [0.15, 0.2) is 0 Å².